The number of hydrogen-bond acceptors (Lipinski definition) is 1. The molecule has 3 heteroatoms. The largest absolute Gasteiger partial charge is 0.355 e. The van der Waals surface area contributed by atoms with E-state index >= 15 is 0 Å². The zero-order chi connectivity index (χ0) is 13.8. The number of rotatable bonds is 3. The van der Waals surface area contributed by atoms with Crippen molar-refractivity contribution in [2.75, 3.05) is 0 Å². The van der Waals surface area contributed by atoms with Crippen LogP contribution in [0.3, 0.4) is 0 Å². The van der Waals surface area contributed by atoms with Crippen molar-refractivity contribution in [1.29, 1.82) is 0 Å². The second-order valence-electron chi connectivity index (χ2n) is 4.09. The quantitative estimate of drug-likeness (QED) is 0.798. The van der Waals surface area contributed by atoms with Gasteiger partial charge in [-0.3, -0.25) is 0 Å². The Hall–Kier alpha value is -1.51. The highest BCUT2D eigenvalue weighted by atomic mass is 79.9. The Morgan fingerprint density at radius 2 is 2.00 bits per heavy atom. The van der Waals surface area contributed by atoms with Crippen molar-refractivity contribution in [2.24, 2.45) is 0 Å². The van der Waals surface area contributed by atoms with Crippen molar-refractivity contribution in [3.8, 4) is 0 Å². The number of allylic oxidation sites excluding steroid dienone is 6. The van der Waals surface area contributed by atoms with Crippen molar-refractivity contribution in [3.05, 3.63) is 88.1 Å². The normalized spacial score (nSPS) is 14.0. The molecule has 96 valence electrons. The maximum atomic E-state index is 6.20. The second kappa shape index (κ2) is 6.09. The van der Waals surface area contributed by atoms with Crippen LogP contribution in [-0.2, 0) is 0 Å². The molecule has 2 rings (SSSR count). The van der Waals surface area contributed by atoms with Crippen LogP contribution in [0.15, 0.2) is 77.5 Å². The monoisotopic (exact) mass is 333 g/mol. The first-order chi connectivity index (χ1) is 9.08. The van der Waals surface area contributed by atoms with Crippen LogP contribution in [-0.4, -0.2) is 0 Å². The molecule has 0 saturated carbocycles. The average molecular weight is 335 g/mol. The summed E-state index contributed by atoms with van der Waals surface area (Å²) in [4.78, 5) is 0. The number of benzene rings is 1. The van der Waals surface area contributed by atoms with Gasteiger partial charge in [0.15, 0.2) is 0 Å². The van der Waals surface area contributed by atoms with Gasteiger partial charge in [0.1, 0.15) is 0 Å². The minimum absolute atomic E-state index is 0.657. The molecular formula is C16H13BrClN. The lowest BCUT2D eigenvalue weighted by Crippen LogP contribution is -2.10. The molecule has 0 saturated heterocycles. The molecule has 19 heavy (non-hydrogen) atoms. The number of halogens is 2. The molecule has 0 heterocycles. The lowest BCUT2D eigenvalue weighted by atomic mass is 10.1. The number of nitrogens with one attached hydrogen (secondary N) is 1. The maximum absolute atomic E-state index is 6.20. The average Bonchev–Trinajstić information content (AvgIpc) is 2.54. The van der Waals surface area contributed by atoms with Crippen LogP contribution in [0.2, 0.25) is 5.02 Å². The van der Waals surface area contributed by atoms with Crippen LogP contribution >= 0.6 is 27.5 Å². The van der Waals surface area contributed by atoms with Gasteiger partial charge >= 0.3 is 0 Å². The van der Waals surface area contributed by atoms with E-state index in [0.29, 0.717) is 5.02 Å². The molecule has 1 nitrogen and oxygen atoms in total. The third-order valence-electron chi connectivity index (χ3n) is 2.62. The van der Waals surface area contributed by atoms with Gasteiger partial charge in [-0.15, -0.1) is 0 Å². The standard InChI is InChI=1S/C16H13BrClN/c1-11-5-3-6-13(10-9-11)19-12(2)16-14(17)7-4-8-15(16)18/h3-10,19H,1-2H2. The first-order valence-electron chi connectivity index (χ1n) is 5.73. The second-order valence-corrected chi connectivity index (χ2v) is 5.35. The van der Waals surface area contributed by atoms with E-state index in [2.05, 4.69) is 34.4 Å². The Morgan fingerprint density at radius 3 is 2.74 bits per heavy atom. The summed E-state index contributed by atoms with van der Waals surface area (Å²) < 4.78 is 0.913. The lowest BCUT2D eigenvalue weighted by molar-refractivity contribution is 1.14. The van der Waals surface area contributed by atoms with E-state index in [1.54, 1.807) is 0 Å². The third-order valence-corrected chi connectivity index (χ3v) is 3.60. The molecule has 0 aliphatic heterocycles. The van der Waals surface area contributed by atoms with Crippen molar-refractivity contribution in [2.45, 2.75) is 0 Å². The fraction of sp³-hybridized carbons (Fsp3) is 0. The summed E-state index contributed by atoms with van der Waals surface area (Å²) in [5, 5.41) is 3.91. The molecule has 1 N–H and O–H groups in total. The lowest BCUT2D eigenvalue weighted by Gasteiger charge is -2.13. The van der Waals surface area contributed by atoms with Crippen molar-refractivity contribution < 1.29 is 0 Å². The number of hydrogen-bond donors (Lipinski definition) is 1. The summed E-state index contributed by atoms with van der Waals surface area (Å²) in [6.07, 6.45) is 9.75. The highest BCUT2D eigenvalue weighted by Gasteiger charge is 2.09. The van der Waals surface area contributed by atoms with Gasteiger partial charge in [-0.1, -0.05) is 65.0 Å². The fourth-order valence-electron chi connectivity index (χ4n) is 1.69. The summed E-state index contributed by atoms with van der Waals surface area (Å²) in [7, 11) is 0. The molecule has 1 aromatic rings. The van der Waals surface area contributed by atoms with Crippen LogP contribution < -0.4 is 5.32 Å². The summed E-state index contributed by atoms with van der Waals surface area (Å²) in [5.74, 6) is 0. The van der Waals surface area contributed by atoms with E-state index in [4.69, 9.17) is 11.6 Å². The minimum atomic E-state index is 0.657. The molecule has 0 bridgehead atoms. The van der Waals surface area contributed by atoms with Gasteiger partial charge < -0.3 is 5.32 Å². The van der Waals surface area contributed by atoms with Crippen LogP contribution in [0.25, 0.3) is 5.70 Å². The fourth-order valence-corrected chi connectivity index (χ4v) is 2.70. The Morgan fingerprint density at radius 1 is 1.21 bits per heavy atom. The molecule has 0 fully saturated rings. The Kier molecular flexibility index (Phi) is 4.46. The molecule has 1 aliphatic carbocycles. The van der Waals surface area contributed by atoms with Gasteiger partial charge in [-0.05, 0) is 29.9 Å². The highest BCUT2D eigenvalue weighted by Crippen LogP contribution is 2.29. The molecule has 1 aliphatic rings. The molecular weight excluding hydrogens is 322 g/mol. The van der Waals surface area contributed by atoms with Crippen molar-refractivity contribution in [3.63, 3.8) is 0 Å². The zero-order valence-corrected chi connectivity index (χ0v) is 12.6. The van der Waals surface area contributed by atoms with E-state index < -0.39 is 0 Å². The van der Waals surface area contributed by atoms with E-state index in [9.17, 15) is 0 Å². The Labute approximate surface area is 126 Å². The zero-order valence-electron chi connectivity index (χ0n) is 10.3. The van der Waals surface area contributed by atoms with Gasteiger partial charge in [-0.25, -0.2) is 0 Å². The summed E-state index contributed by atoms with van der Waals surface area (Å²) in [6.45, 7) is 7.93. The van der Waals surface area contributed by atoms with E-state index in [1.165, 1.54) is 0 Å². The Balaban J connectivity index is 2.23. The van der Waals surface area contributed by atoms with Crippen LogP contribution in [0.5, 0.6) is 0 Å². The van der Waals surface area contributed by atoms with Gasteiger partial charge in [0.25, 0.3) is 0 Å². The molecule has 0 unspecified atom stereocenters. The van der Waals surface area contributed by atoms with Crippen LogP contribution in [0.4, 0.5) is 0 Å². The van der Waals surface area contributed by atoms with Crippen LogP contribution in [0.1, 0.15) is 5.56 Å². The molecule has 0 spiro atoms. The topological polar surface area (TPSA) is 12.0 Å². The first kappa shape index (κ1) is 13.9. The summed E-state index contributed by atoms with van der Waals surface area (Å²) in [6, 6.07) is 5.67. The van der Waals surface area contributed by atoms with Crippen LogP contribution in [0, 0.1) is 0 Å². The molecule has 0 aromatic heterocycles. The predicted molar refractivity (Wildman–Crippen MR) is 86.8 cm³/mol. The highest BCUT2D eigenvalue weighted by molar-refractivity contribution is 9.10. The van der Waals surface area contributed by atoms with Gasteiger partial charge in [-0.2, -0.15) is 0 Å². The van der Waals surface area contributed by atoms with Gasteiger partial charge in [0.2, 0.25) is 0 Å². The maximum Gasteiger partial charge on any atom is 0.0510 e. The van der Waals surface area contributed by atoms with Gasteiger partial charge in [0, 0.05) is 21.4 Å². The minimum Gasteiger partial charge on any atom is -0.355 e. The molecule has 1 aromatic carbocycles. The predicted octanol–water partition coefficient (Wildman–Crippen LogP) is 5.23. The van der Waals surface area contributed by atoms with E-state index in [-0.39, 0.29) is 0 Å². The van der Waals surface area contributed by atoms with E-state index in [1.807, 2.05) is 48.6 Å². The van der Waals surface area contributed by atoms with Crippen molar-refractivity contribution in [1.82, 2.24) is 5.32 Å². The van der Waals surface area contributed by atoms with Crippen molar-refractivity contribution >= 4 is 33.2 Å². The molecule has 0 atom stereocenters. The van der Waals surface area contributed by atoms with E-state index in [0.717, 1.165) is 27.0 Å². The van der Waals surface area contributed by atoms with Gasteiger partial charge in [0.05, 0.1) is 5.02 Å². The Bertz CT molecular complexity index is 603. The molecule has 0 radical (unpaired) electrons. The third kappa shape index (κ3) is 3.49. The summed E-state index contributed by atoms with van der Waals surface area (Å²) in [5.41, 5.74) is 3.50. The SMILES string of the molecule is C=C1C=CC=C(NC(=C)c2c(Cl)cccc2Br)C=C1. The molecule has 0 amide bonds. The first-order valence-corrected chi connectivity index (χ1v) is 6.90. The smallest absolute Gasteiger partial charge is 0.0510 e. The summed E-state index contributed by atoms with van der Waals surface area (Å²) >= 11 is 9.69.